The van der Waals surface area contributed by atoms with Crippen molar-refractivity contribution in [2.75, 3.05) is 5.75 Å². The Labute approximate surface area is 161 Å². The SMILES string of the molecule is CC1=C(C(=O)O)N2C(=O)C3(C[C@H]3NC(=O)C3(c4ccccc4)CC3)C2[SH+]C1. The fourth-order valence-corrected chi connectivity index (χ4v) is 6.38. The largest absolute Gasteiger partial charge is 0.477 e. The highest BCUT2D eigenvalue weighted by Gasteiger charge is 2.81. The van der Waals surface area contributed by atoms with Gasteiger partial charge in [-0.05, 0) is 31.7 Å². The number of rotatable bonds is 4. The van der Waals surface area contributed by atoms with Gasteiger partial charge in [0.15, 0.2) is 0 Å². The molecule has 140 valence electrons. The summed E-state index contributed by atoms with van der Waals surface area (Å²) in [5.74, 6) is -0.532. The van der Waals surface area contributed by atoms with Crippen LogP contribution in [0.25, 0.3) is 0 Å². The summed E-state index contributed by atoms with van der Waals surface area (Å²) in [6, 6.07) is 9.61. The molecule has 2 heterocycles. The Hall–Kier alpha value is -2.28. The number of carboxylic acid groups (broad SMARTS) is 1. The van der Waals surface area contributed by atoms with Crippen molar-refractivity contribution in [1.29, 1.82) is 0 Å². The summed E-state index contributed by atoms with van der Waals surface area (Å²) in [6.07, 6.45) is 2.27. The van der Waals surface area contributed by atoms with E-state index in [9.17, 15) is 19.5 Å². The molecule has 0 radical (unpaired) electrons. The fraction of sp³-hybridized carbons (Fsp3) is 0.450. The van der Waals surface area contributed by atoms with Gasteiger partial charge in [0, 0.05) is 17.3 Å². The number of benzene rings is 1. The molecular formula is C20H21N2O4S+. The van der Waals surface area contributed by atoms with Crippen LogP contribution in [0.15, 0.2) is 41.6 Å². The fourth-order valence-electron chi connectivity index (χ4n) is 4.67. The van der Waals surface area contributed by atoms with Gasteiger partial charge in [-0.15, -0.1) is 0 Å². The van der Waals surface area contributed by atoms with Gasteiger partial charge in [0.05, 0.1) is 11.5 Å². The Morgan fingerprint density at radius 2 is 1.96 bits per heavy atom. The zero-order chi connectivity index (χ0) is 19.0. The number of aliphatic carboxylic acids is 1. The lowest BCUT2D eigenvalue weighted by atomic mass is 9.90. The summed E-state index contributed by atoms with van der Waals surface area (Å²) in [6.45, 7) is 1.77. The quantitative estimate of drug-likeness (QED) is 0.459. The third kappa shape index (κ3) is 2.12. The van der Waals surface area contributed by atoms with Crippen LogP contribution in [0.5, 0.6) is 0 Å². The molecule has 3 fully saturated rings. The highest BCUT2D eigenvalue weighted by atomic mass is 32.2. The number of carboxylic acids is 1. The van der Waals surface area contributed by atoms with Gasteiger partial charge in [-0.25, -0.2) is 4.79 Å². The molecule has 4 aliphatic rings. The summed E-state index contributed by atoms with van der Waals surface area (Å²) in [7, 11) is 0. The van der Waals surface area contributed by atoms with Gasteiger partial charge >= 0.3 is 5.97 Å². The standard InChI is InChI=1S/C20H20N2O4S/c1-11-10-27-18-20(17(26)22(18)14(11)15(23)24)9-13(20)21-16(25)19(7-8-19)12-5-3-2-4-6-12/h2-6,13,18H,7-10H2,1H3,(H,21,25)(H,23,24)/p+1/t13-,18?,20?/m1/s1. The molecule has 27 heavy (non-hydrogen) atoms. The Bertz CT molecular complexity index is 908. The number of amides is 2. The van der Waals surface area contributed by atoms with Crippen molar-refractivity contribution in [2.24, 2.45) is 5.41 Å². The topological polar surface area (TPSA) is 86.7 Å². The van der Waals surface area contributed by atoms with Gasteiger partial charge < -0.3 is 10.4 Å². The zero-order valence-corrected chi connectivity index (χ0v) is 15.8. The third-order valence-electron chi connectivity index (χ3n) is 6.49. The van der Waals surface area contributed by atoms with Crippen LogP contribution in [0, 0.1) is 5.41 Å². The van der Waals surface area contributed by atoms with Gasteiger partial charge in [-0.2, -0.15) is 0 Å². The Kier molecular flexibility index (Phi) is 3.36. The van der Waals surface area contributed by atoms with E-state index in [4.69, 9.17) is 0 Å². The van der Waals surface area contributed by atoms with Crippen LogP contribution in [-0.2, 0) is 31.6 Å². The van der Waals surface area contributed by atoms with Gasteiger partial charge in [-0.1, -0.05) is 30.3 Å². The molecule has 1 spiro atoms. The Morgan fingerprint density at radius 3 is 2.59 bits per heavy atom. The summed E-state index contributed by atoms with van der Waals surface area (Å²) < 4.78 is 0. The maximum atomic E-state index is 13.0. The molecule has 0 bridgehead atoms. The smallest absolute Gasteiger partial charge is 0.352 e. The van der Waals surface area contributed by atoms with E-state index in [0.717, 1.165) is 35.7 Å². The first-order chi connectivity index (χ1) is 12.9. The minimum Gasteiger partial charge on any atom is -0.477 e. The van der Waals surface area contributed by atoms with Crippen molar-refractivity contribution in [2.45, 2.75) is 43.0 Å². The van der Waals surface area contributed by atoms with E-state index in [2.05, 4.69) is 5.32 Å². The third-order valence-corrected chi connectivity index (χ3v) is 8.19. The molecule has 2 amide bonds. The number of nitrogens with zero attached hydrogens (tertiary/aromatic N) is 1. The molecule has 1 saturated heterocycles. The molecular weight excluding hydrogens is 364 g/mol. The first-order valence-electron chi connectivity index (χ1n) is 9.21. The van der Waals surface area contributed by atoms with Crippen molar-refractivity contribution in [3.63, 3.8) is 0 Å². The van der Waals surface area contributed by atoms with Gasteiger partial charge in [0.25, 0.3) is 0 Å². The molecule has 2 N–H and O–H groups in total. The van der Waals surface area contributed by atoms with Crippen LogP contribution < -0.4 is 5.32 Å². The minimum atomic E-state index is -1.04. The van der Waals surface area contributed by atoms with E-state index in [0.29, 0.717) is 12.2 Å². The predicted octanol–water partition coefficient (Wildman–Crippen LogP) is 0.948. The molecule has 0 aromatic heterocycles. The molecule has 1 aromatic carbocycles. The van der Waals surface area contributed by atoms with Crippen LogP contribution in [0.4, 0.5) is 0 Å². The number of hydrogen-bond donors (Lipinski definition) is 2. The highest BCUT2D eigenvalue weighted by molar-refractivity contribution is 7.79. The van der Waals surface area contributed by atoms with Crippen molar-refractivity contribution >= 4 is 29.5 Å². The van der Waals surface area contributed by atoms with Crippen LogP contribution in [-0.4, -0.2) is 45.0 Å². The van der Waals surface area contributed by atoms with Crippen LogP contribution >= 0.6 is 0 Å². The average Bonchev–Trinajstić information content (AvgIpc) is 3.56. The zero-order valence-electron chi connectivity index (χ0n) is 14.9. The lowest BCUT2D eigenvalue weighted by Crippen LogP contribution is -2.67. The van der Waals surface area contributed by atoms with E-state index in [1.54, 1.807) is 6.92 Å². The predicted molar refractivity (Wildman–Crippen MR) is 101 cm³/mol. The molecule has 7 heteroatoms. The minimum absolute atomic E-state index is 0.000480. The van der Waals surface area contributed by atoms with E-state index in [1.807, 2.05) is 30.3 Å². The second-order valence-corrected chi connectivity index (χ2v) is 9.21. The molecule has 6 nitrogen and oxygen atoms in total. The maximum Gasteiger partial charge on any atom is 0.352 e. The molecule has 1 aromatic rings. The summed E-state index contributed by atoms with van der Waals surface area (Å²) in [5.41, 5.74) is 0.858. The van der Waals surface area contributed by atoms with Crippen molar-refractivity contribution in [1.82, 2.24) is 10.2 Å². The van der Waals surface area contributed by atoms with E-state index in [-0.39, 0.29) is 28.9 Å². The summed E-state index contributed by atoms with van der Waals surface area (Å²) in [5, 5.41) is 12.5. The van der Waals surface area contributed by atoms with Crippen LogP contribution in [0.1, 0.15) is 31.7 Å². The molecule has 2 unspecified atom stereocenters. The van der Waals surface area contributed by atoms with Crippen LogP contribution in [0.2, 0.25) is 0 Å². The number of nitrogens with one attached hydrogen (secondary N) is 1. The summed E-state index contributed by atoms with van der Waals surface area (Å²) in [4.78, 5) is 38.8. The molecule has 3 atom stereocenters. The first-order valence-corrected chi connectivity index (χ1v) is 10.4. The van der Waals surface area contributed by atoms with E-state index in [1.165, 1.54) is 4.90 Å². The number of hydrogen-bond acceptors (Lipinski definition) is 3. The second kappa shape index (κ2) is 5.38. The van der Waals surface area contributed by atoms with Gasteiger partial charge in [0.1, 0.15) is 16.9 Å². The molecule has 2 aliphatic heterocycles. The van der Waals surface area contributed by atoms with E-state index >= 15 is 0 Å². The lowest BCUT2D eigenvalue weighted by Gasteiger charge is -2.45. The highest BCUT2D eigenvalue weighted by Crippen LogP contribution is 2.62. The monoisotopic (exact) mass is 385 g/mol. The second-order valence-electron chi connectivity index (χ2n) is 8.04. The molecule has 5 rings (SSSR count). The van der Waals surface area contributed by atoms with E-state index < -0.39 is 16.8 Å². The van der Waals surface area contributed by atoms with Crippen molar-refractivity contribution in [3.05, 3.63) is 47.2 Å². The Balaban J connectivity index is 1.33. The molecule has 2 saturated carbocycles. The van der Waals surface area contributed by atoms with Gasteiger partial charge in [-0.3, -0.25) is 14.5 Å². The number of carbonyl (C=O) groups is 3. The average molecular weight is 385 g/mol. The number of carbonyl (C=O) groups excluding carboxylic acids is 2. The van der Waals surface area contributed by atoms with Crippen molar-refractivity contribution in [3.8, 4) is 0 Å². The van der Waals surface area contributed by atoms with Crippen LogP contribution in [0.3, 0.4) is 0 Å². The number of fused-ring (bicyclic) bond motifs is 2. The maximum absolute atomic E-state index is 13.0. The summed E-state index contributed by atoms with van der Waals surface area (Å²) >= 11 is 1.05. The Morgan fingerprint density at radius 1 is 1.26 bits per heavy atom. The first kappa shape index (κ1) is 16.9. The lowest BCUT2D eigenvalue weighted by molar-refractivity contribution is -0.155. The number of thiol groups is 1. The van der Waals surface area contributed by atoms with Gasteiger partial charge in [0.2, 0.25) is 17.2 Å². The molecule has 2 aliphatic carbocycles. The number of β-lactam (4-membered cyclic amide) rings is 1. The van der Waals surface area contributed by atoms with Crippen molar-refractivity contribution < 1.29 is 19.5 Å². The normalized spacial score (nSPS) is 32.6.